The van der Waals surface area contributed by atoms with Gasteiger partial charge in [-0.3, -0.25) is 4.79 Å². The van der Waals surface area contributed by atoms with Gasteiger partial charge in [0, 0.05) is 18.4 Å². The number of amides is 1. The quantitative estimate of drug-likeness (QED) is 0.817. The lowest BCUT2D eigenvalue weighted by Gasteiger charge is -2.21. The molecule has 1 N–H and O–H groups in total. The van der Waals surface area contributed by atoms with E-state index in [0.29, 0.717) is 6.54 Å². The smallest absolute Gasteiger partial charge is 0.256 e. The van der Waals surface area contributed by atoms with Crippen LogP contribution in [0.15, 0.2) is 36.5 Å². The van der Waals surface area contributed by atoms with E-state index in [-0.39, 0.29) is 11.9 Å². The van der Waals surface area contributed by atoms with Crippen molar-refractivity contribution in [1.82, 2.24) is 9.88 Å². The van der Waals surface area contributed by atoms with Gasteiger partial charge in [-0.15, -0.1) is 0 Å². The molecule has 3 nitrogen and oxygen atoms in total. The van der Waals surface area contributed by atoms with Gasteiger partial charge in [-0.05, 0) is 31.0 Å². The number of rotatable bonds is 1. The van der Waals surface area contributed by atoms with Gasteiger partial charge >= 0.3 is 0 Å². The first-order valence-corrected chi connectivity index (χ1v) is 6.21. The molecule has 1 atom stereocenters. The second kappa shape index (κ2) is 4.02. The molecule has 0 radical (unpaired) electrons. The molecule has 2 heterocycles. The number of nitrogens with one attached hydrogen (secondary N) is 1. The molecule has 0 fully saturated rings. The molecule has 1 aliphatic heterocycles. The lowest BCUT2D eigenvalue weighted by molar-refractivity contribution is 0.0704. The third-order valence-corrected chi connectivity index (χ3v) is 3.76. The fraction of sp³-hybridized carbons (Fsp3) is 0.267. The van der Waals surface area contributed by atoms with E-state index >= 15 is 0 Å². The van der Waals surface area contributed by atoms with E-state index in [0.717, 1.165) is 11.3 Å². The number of hydrogen-bond acceptors (Lipinski definition) is 1. The number of fused-ring (bicyclic) bond motifs is 1. The Morgan fingerprint density at radius 3 is 2.78 bits per heavy atom. The van der Waals surface area contributed by atoms with Gasteiger partial charge in [-0.25, -0.2) is 0 Å². The fourth-order valence-electron chi connectivity index (χ4n) is 2.66. The van der Waals surface area contributed by atoms with Crippen LogP contribution in [0.25, 0.3) is 0 Å². The highest BCUT2D eigenvalue weighted by atomic mass is 16.2. The number of nitrogens with zero attached hydrogens (tertiary/aromatic N) is 1. The molecule has 0 bridgehead atoms. The zero-order valence-electron chi connectivity index (χ0n) is 10.6. The average Bonchev–Trinajstić information content (AvgIpc) is 2.94. The number of carbonyl (C=O) groups excluding carboxylic acids is 1. The minimum absolute atomic E-state index is 0.109. The van der Waals surface area contributed by atoms with Crippen LogP contribution in [0.3, 0.4) is 0 Å². The van der Waals surface area contributed by atoms with Crippen LogP contribution in [0.5, 0.6) is 0 Å². The van der Waals surface area contributed by atoms with Crippen molar-refractivity contribution in [3.05, 3.63) is 58.9 Å². The van der Waals surface area contributed by atoms with Gasteiger partial charge in [0.2, 0.25) is 0 Å². The Bertz CT molecular complexity index is 600. The molecule has 3 rings (SSSR count). The van der Waals surface area contributed by atoms with Crippen molar-refractivity contribution in [1.29, 1.82) is 0 Å². The van der Waals surface area contributed by atoms with Crippen molar-refractivity contribution in [2.75, 3.05) is 0 Å². The maximum Gasteiger partial charge on any atom is 0.256 e. The molecular formula is C15H16N2O. The summed E-state index contributed by atoms with van der Waals surface area (Å²) in [7, 11) is 0. The molecule has 2 aromatic rings. The number of aromatic nitrogens is 1. The van der Waals surface area contributed by atoms with Gasteiger partial charge in [0.1, 0.15) is 0 Å². The number of benzene rings is 1. The molecule has 3 heteroatoms. The SMILES string of the molecule is Cc1[nH]ccc1C(=O)N1Cc2ccccc2C1C. The molecular weight excluding hydrogens is 224 g/mol. The maximum absolute atomic E-state index is 12.5. The first-order chi connectivity index (χ1) is 8.68. The summed E-state index contributed by atoms with van der Waals surface area (Å²) in [6, 6.07) is 10.3. The number of H-pyrrole nitrogens is 1. The highest BCUT2D eigenvalue weighted by molar-refractivity contribution is 5.96. The molecule has 1 amide bonds. The van der Waals surface area contributed by atoms with Crippen LogP contribution in [0.2, 0.25) is 0 Å². The zero-order valence-corrected chi connectivity index (χ0v) is 10.6. The number of aryl methyl sites for hydroxylation is 1. The van der Waals surface area contributed by atoms with Crippen LogP contribution in [-0.4, -0.2) is 15.8 Å². The van der Waals surface area contributed by atoms with Gasteiger partial charge in [-0.1, -0.05) is 24.3 Å². The van der Waals surface area contributed by atoms with Gasteiger partial charge in [0.15, 0.2) is 0 Å². The van der Waals surface area contributed by atoms with Crippen LogP contribution < -0.4 is 0 Å². The fourth-order valence-corrected chi connectivity index (χ4v) is 2.66. The molecule has 1 aromatic heterocycles. The molecule has 1 unspecified atom stereocenters. The molecule has 0 saturated heterocycles. The van der Waals surface area contributed by atoms with Gasteiger partial charge < -0.3 is 9.88 Å². The Balaban J connectivity index is 1.93. The Morgan fingerprint density at radius 1 is 1.33 bits per heavy atom. The highest BCUT2D eigenvalue weighted by Crippen LogP contribution is 2.34. The Morgan fingerprint density at radius 2 is 2.11 bits per heavy atom. The summed E-state index contributed by atoms with van der Waals surface area (Å²) in [5.41, 5.74) is 4.23. The highest BCUT2D eigenvalue weighted by Gasteiger charge is 2.31. The van der Waals surface area contributed by atoms with E-state index in [9.17, 15) is 4.79 Å². The third-order valence-electron chi connectivity index (χ3n) is 3.76. The molecule has 1 aromatic carbocycles. The monoisotopic (exact) mass is 240 g/mol. The summed E-state index contributed by atoms with van der Waals surface area (Å²) < 4.78 is 0. The molecule has 1 aliphatic rings. The first kappa shape index (κ1) is 11.1. The van der Waals surface area contributed by atoms with Crippen molar-refractivity contribution in [3.8, 4) is 0 Å². The number of carbonyl (C=O) groups is 1. The van der Waals surface area contributed by atoms with E-state index in [1.54, 1.807) is 0 Å². The standard InChI is InChI=1S/C15H16N2O/c1-10-13(7-8-16-10)15(18)17-9-12-5-3-4-6-14(12)11(17)2/h3-8,11,16H,9H2,1-2H3. The van der Waals surface area contributed by atoms with Crippen LogP contribution in [0.1, 0.15) is 40.1 Å². The summed E-state index contributed by atoms with van der Waals surface area (Å²) in [6.07, 6.45) is 1.82. The predicted molar refractivity (Wildman–Crippen MR) is 70.3 cm³/mol. The van der Waals surface area contributed by atoms with Crippen molar-refractivity contribution < 1.29 is 4.79 Å². The van der Waals surface area contributed by atoms with E-state index in [2.05, 4.69) is 24.0 Å². The average molecular weight is 240 g/mol. The van der Waals surface area contributed by atoms with E-state index in [4.69, 9.17) is 0 Å². The molecule has 92 valence electrons. The molecule has 18 heavy (non-hydrogen) atoms. The minimum atomic E-state index is 0.109. The first-order valence-electron chi connectivity index (χ1n) is 6.21. The number of aromatic amines is 1. The number of hydrogen-bond donors (Lipinski definition) is 1. The summed E-state index contributed by atoms with van der Waals surface area (Å²) >= 11 is 0. The Hall–Kier alpha value is -2.03. The van der Waals surface area contributed by atoms with Gasteiger partial charge in [0.25, 0.3) is 5.91 Å². The van der Waals surface area contributed by atoms with Crippen molar-refractivity contribution >= 4 is 5.91 Å². The topological polar surface area (TPSA) is 36.1 Å². The van der Waals surface area contributed by atoms with Crippen molar-refractivity contribution in [3.63, 3.8) is 0 Å². The summed E-state index contributed by atoms with van der Waals surface area (Å²) in [5, 5.41) is 0. The van der Waals surface area contributed by atoms with Crippen molar-refractivity contribution in [2.45, 2.75) is 26.4 Å². The van der Waals surface area contributed by atoms with Crippen LogP contribution >= 0.6 is 0 Å². The molecule has 0 aliphatic carbocycles. The summed E-state index contributed by atoms with van der Waals surface area (Å²) in [5.74, 6) is 0.109. The van der Waals surface area contributed by atoms with Crippen LogP contribution in [-0.2, 0) is 6.54 Å². The maximum atomic E-state index is 12.5. The third kappa shape index (κ3) is 1.55. The van der Waals surface area contributed by atoms with Crippen LogP contribution in [0.4, 0.5) is 0 Å². The van der Waals surface area contributed by atoms with E-state index in [1.165, 1.54) is 11.1 Å². The molecule has 0 spiro atoms. The normalized spacial score (nSPS) is 17.9. The largest absolute Gasteiger partial charge is 0.365 e. The Kier molecular flexibility index (Phi) is 2.47. The lowest BCUT2D eigenvalue weighted by atomic mass is 10.1. The predicted octanol–water partition coefficient (Wildman–Crippen LogP) is 3.04. The van der Waals surface area contributed by atoms with Crippen molar-refractivity contribution in [2.24, 2.45) is 0 Å². The van der Waals surface area contributed by atoms with Gasteiger partial charge in [-0.2, -0.15) is 0 Å². The second-order valence-electron chi connectivity index (χ2n) is 4.82. The molecule has 0 saturated carbocycles. The zero-order chi connectivity index (χ0) is 12.7. The lowest BCUT2D eigenvalue weighted by Crippen LogP contribution is -2.28. The van der Waals surface area contributed by atoms with Crippen LogP contribution in [0, 0.1) is 6.92 Å². The minimum Gasteiger partial charge on any atom is -0.365 e. The Labute approximate surface area is 106 Å². The second-order valence-corrected chi connectivity index (χ2v) is 4.82. The summed E-state index contributed by atoms with van der Waals surface area (Å²) in [6.45, 7) is 4.73. The van der Waals surface area contributed by atoms with E-state index < -0.39 is 0 Å². The summed E-state index contributed by atoms with van der Waals surface area (Å²) in [4.78, 5) is 17.5. The van der Waals surface area contributed by atoms with Gasteiger partial charge in [0.05, 0.1) is 11.6 Å². The van der Waals surface area contributed by atoms with E-state index in [1.807, 2.05) is 36.2 Å².